The molecule has 1 aromatic carbocycles. The number of carboxylic acid groups (broad SMARTS) is 1. The van der Waals surface area contributed by atoms with Crippen molar-refractivity contribution < 1.29 is 14.7 Å². The molecule has 0 bridgehead atoms. The van der Waals surface area contributed by atoms with Gasteiger partial charge in [0.15, 0.2) is 0 Å². The summed E-state index contributed by atoms with van der Waals surface area (Å²) in [6.07, 6.45) is 6.73. The number of amides is 1. The molecule has 2 atom stereocenters. The largest absolute Gasteiger partial charge is 0.481 e. The Hall–Kier alpha value is -2.63. The Labute approximate surface area is 140 Å². The molecule has 0 unspecified atom stereocenters. The summed E-state index contributed by atoms with van der Waals surface area (Å²) in [6, 6.07) is 7.19. The number of carboxylic acids is 1. The van der Waals surface area contributed by atoms with E-state index in [4.69, 9.17) is 0 Å². The first kappa shape index (κ1) is 16.2. The van der Waals surface area contributed by atoms with Gasteiger partial charge in [-0.3, -0.25) is 9.59 Å². The molecule has 6 nitrogen and oxygen atoms in total. The molecule has 0 spiro atoms. The SMILES string of the molecule is C[C@@H]1[C@H](C(=O)O)CCCN1C(=O)c1ccc(Cn2ccnc2)cc1. The zero-order valence-corrected chi connectivity index (χ0v) is 13.6. The van der Waals surface area contributed by atoms with E-state index in [9.17, 15) is 14.7 Å². The van der Waals surface area contributed by atoms with Crippen molar-refractivity contribution >= 4 is 11.9 Å². The van der Waals surface area contributed by atoms with Crippen LogP contribution in [0.5, 0.6) is 0 Å². The van der Waals surface area contributed by atoms with Gasteiger partial charge < -0.3 is 14.6 Å². The third-order valence-corrected chi connectivity index (χ3v) is 4.69. The van der Waals surface area contributed by atoms with Crippen molar-refractivity contribution in [3.05, 3.63) is 54.1 Å². The Morgan fingerprint density at radius 1 is 1.29 bits per heavy atom. The van der Waals surface area contributed by atoms with Crippen molar-refractivity contribution in [3.8, 4) is 0 Å². The highest BCUT2D eigenvalue weighted by molar-refractivity contribution is 5.94. The van der Waals surface area contributed by atoms with Crippen LogP contribution in [-0.4, -0.2) is 44.0 Å². The summed E-state index contributed by atoms with van der Waals surface area (Å²) in [4.78, 5) is 29.7. The highest BCUT2D eigenvalue weighted by Crippen LogP contribution is 2.25. The van der Waals surface area contributed by atoms with Crippen molar-refractivity contribution in [2.75, 3.05) is 6.54 Å². The molecule has 0 radical (unpaired) electrons. The van der Waals surface area contributed by atoms with E-state index >= 15 is 0 Å². The zero-order chi connectivity index (χ0) is 17.1. The van der Waals surface area contributed by atoms with Gasteiger partial charge in [0.25, 0.3) is 5.91 Å². The monoisotopic (exact) mass is 327 g/mol. The summed E-state index contributed by atoms with van der Waals surface area (Å²) in [5, 5.41) is 9.29. The van der Waals surface area contributed by atoms with E-state index in [0.29, 0.717) is 25.1 Å². The van der Waals surface area contributed by atoms with Crippen LogP contribution >= 0.6 is 0 Å². The van der Waals surface area contributed by atoms with Gasteiger partial charge in [-0.25, -0.2) is 4.98 Å². The number of rotatable bonds is 4. The van der Waals surface area contributed by atoms with Crippen molar-refractivity contribution in [1.29, 1.82) is 0 Å². The van der Waals surface area contributed by atoms with E-state index in [1.54, 1.807) is 17.4 Å². The number of carbonyl (C=O) groups is 2. The number of aromatic nitrogens is 2. The number of piperidine rings is 1. The number of hydrogen-bond acceptors (Lipinski definition) is 3. The van der Waals surface area contributed by atoms with Crippen molar-refractivity contribution in [2.45, 2.75) is 32.4 Å². The van der Waals surface area contributed by atoms with Gasteiger partial charge in [0.2, 0.25) is 0 Å². The van der Waals surface area contributed by atoms with Crippen LogP contribution in [0.15, 0.2) is 43.0 Å². The summed E-state index contributed by atoms with van der Waals surface area (Å²) in [5.41, 5.74) is 1.68. The molecule has 1 amide bonds. The van der Waals surface area contributed by atoms with Crippen LogP contribution in [0.4, 0.5) is 0 Å². The summed E-state index contributed by atoms with van der Waals surface area (Å²) in [5.74, 6) is -1.40. The molecule has 2 heterocycles. The highest BCUT2D eigenvalue weighted by Gasteiger charge is 2.35. The van der Waals surface area contributed by atoms with Crippen molar-refractivity contribution in [1.82, 2.24) is 14.5 Å². The van der Waals surface area contributed by atoms with Crippen LogP contribution in [0.25, 0.3) is 0 Å². The first-order valence-electron chi connectivity index (χ1n) is 8.14. The Balaban J connectivity index is 1.71. The number of aliphatic carboxylic acids is 1. The standard InChI is InChI=1S/C18H21N3O3/c1-13-16(18(23)24)3-2-9-21(13)17(22)15-6-4-14(5-7-15)11-20-10-8-19-12-20/h4-8,10,12-13,16H,2-3,9,11H2,1H3,(H,23,24)/t13-,16-/m1/s1. The fourth-order valence-corrected chi connectivity index (χ4v) is 3.27. The highest BCUT2D eigenvalue weighted by atomic mass is 16.4. The number of likely N-dealkylation sites (tertiary alicyclic amines) is 1. The van der Waals surface area contributed by atoms with Crippen molar-refractivity contribution in [2.24, 2.45) is 5.92 Å². The maximum Gasteiger partial charge on any atom is 0.308 e. The first-order chi connectivity index (χ1) is 11.6. The average molecular weight is 327 g/mol. The maximum absolute atomic E-state index is 12.7. The number of nitrogens with zero attached hydrogens (tertiary/aromatic N) is 3. The van der Waals surface area contributed by atoms with E-state index in [1.807, 2.05) is 42.0 Å². The summed E-state index contributed by atoms with van der Waals surface area (Å²) < 4.78 is 1.96. The third kappa shape index (κ3) is 3.32. The van der Waals surface area contributed by atoms with Gasteiger partial charge >= 0.3 is 5.97 Å². The summed E-state index contributed by atoms with van der Waals surface area (Å²) in [6.45, 7) is 3.14. The molecule has 1 aromatic heterocycles. The smallest absolute Gasteiger partial charge is 0.308 e. The number of imidazole rings is 1. The maximum atomic E-state index is 12.7. The fourth-order valence-electron chi connectivity index (χ4n) is 3.27. The second-order valence-corrected chi connectivity index (χ2v) is 6.26. The Kier molecular flexibility index (Phi) is 4.64. The van der Waals surface area contributed by atoms with Gasteiger partial charge in [-0.2, -0.15) is 0 Å². The first-order valence-corrected chi connectivity index (χ1v) is 8.14. The minimum Gasteiger partial charge on any atom is -0.481 e. The average Bonchev–Trinajstić information content (AvgIpc) is 3.08. The minimum absolute atomic E-state index is 0.0948. The van der Waals surface area contributed by atoms with E-state index in [-0.39, 0.29) is 11.9 Å². The predicted molar refractivity (Wildman–Crippen MR) is 88.6 cm³/mol. The molecule has 24 heavy (non-hydrogen) atoms. The molecule has 0 saturated carbocycles. The lowest BCUT2D eigenvalue weighted by Gasteiger charge is -2.37. The molecule has 1 fully saturated rings. The number of hydrogen-bond donors (Lipinski definition) is 1. The second kappa shape index (κ2) is 6.86. The molecule has 0 aliphatic carbocycles. The van der Waals surface area contributed by atoms with Gasteiger partial charge in [-0.1, -0.05) is 12.1 Å². The van der Waals surface area contributed by atoms with Crippen LogP contribution in [0.3, 0.4) is 0 Å². The topological polar surface area (TPSA) is 75.4 Å². The zero-order valence-electron chi connectivity index (χ0n) is 13.6. The van der Waals surface area contributed by atoms with Gasteiger partial charge in [0, 0.05) is 37.1 Å². The molecule has 1 N–H and O–H groups in total. The predicted octanol–water partition coefficient (Wildman–Crippen LogP) is 2.26. The third-order valence-electron chi connectivity index (χ3n) is 4.69. The Morgan fingerprint density at radius 2 is 2.04 bits per heavy atom. The number of benzene rings is 1. The summed E-state index contributed by atoms with van der Waals surface area (Å²) >= 11 is 0. The lowest BCUT2D eigenvalue weighted by molar-refractivity contribution is -0.144. The van der Waals surface area contributed by atoms with Gasteiger partial charge in [-0.15, -0.1) is 0 Å². The molecule has 1 aliphatic rings. The molecule has 6 heteroatoms. The quantitative estimate of drug-likeness (QED) is 0.934. The van der Waals surface area contributed by atoms with Crippen LogP contribution in [0.1, 0.15) is 35.7 Å². The molecule has 1 saturated heterocycles. The van der Waals surface area contributed by atoms with E-state index in [2.05, 4.69) is 4.98 Å². The van der Waals surface area contributed by atoms with Crippen LogP contribution in [-0.2, 0) is 11.3 Å². The van der Waals surface area contributed by atoms with Crippen molar-refractivity contribution in [3.63, 3.8) is 0 Å². The minimum atomic E-state index is -0.823. The lowest BCUT2D eigenvalue weighted by atomic mass is 9.90. The normalized spacial score (nSPS) is 20.8. The van der Waals surface area contributed by atoms with E-state index in [0.717, 1.165) is 12.0 Å². The molecule has 126 valence electrons. The van der Waals surface area contributed by atoms with E-state index < -0.39 is 11.9 Å². The van der Waals surface area contributed by atoms with Crippen LogP contribution < -0.4 is 0 Å². The molecule has 1 aliphatic heterocycles. The molecule has 3 rings (SSSR count). The summed E-state index contributed by atoms with van der Waals surface area (Å²) in [7, 11) is 0. The Bertz CT molecular complexity index is 710. The Morgan fingerprint density at radius 3 is 2.67 bits per heavy atom. The van der Waals surface area contributed by atoms with Gasteiger partial charge in [0.1, 0.15) is 0 Å². The van der Waals surface area contributed by atoms with E-state index in [1.165, 1.54) is 0 Å². The fraction of sp³-hybridized carbons (Fsp3) is 0.389. The lowest BCUT2D eigenvalue weighted by Crippen LogP contribution is -2.49. The van der Waals surface area contributed by atoms with Crippen LogP contribution in [0.2, 0.25) is 0 Å². The molecule has 2 aromatic rings. The van der Waals surface area contributed by atoms with Gasteiger partial charge in [0.05, 0.1) is 12.2 Å². The second-order valence-electron chi connectivity index (χ2n) is 6.26. The van der Waals surface area contributed by atoms with Crippen LogP contribution in [0, 0.1) is 5.92 Å². The van der Waals surface area contributed by atoms with Gasteiger partial charge in [-0.05, 0) is 37.5 Å². The molecular formula is C18H21N3O3. The molecular weight excluding hydrogens is 306 g/mol. The number of carbonyl (C=O) groups excluding carboxylic acids is 1.